The Morgan fingerprint density at radius 3 is 2.54 bits per heavy atom. The summed E-state index contributed by atoms with van der Waals surface area (Å²) in [5.41, 5.74) is 1.42. The van der Waals surface area contributed by atoms with Crippen molar-refractivity contribution in [2.75, 3.05) is 53.0 Å². The van der Waals surface area contributed by atoms with E-state index in [0.717, 1.165) is 82.2 Å². The number of fused-ring (bicyclic) bond motifs is 1. The van der Waals surface area contributed by atoms with Crippen LogP contribution in [0, 0.1) is 5.92 Å². The Morgan fingerprint density at radius 2 is 1.83 bits per heavy atom. The third-order valence-corrected chi connectivity index (χ3v) is 8.55. The number of carbonyl (C=O) groups excluding carboxylic acids is 1. The molecule has 1 aromatic carbocycles. The highest BCUT2D eigenvalue weighted by Gasteiger charge is 2.43. The second kappa shape index (κ2) is 10.4. The van der Waals surface area contributed by atoms with Gasteiger partial charge in [0.1, 0.15) is 0 Å². The zero-order valence-corrected chi connectivity index (χ0v) is 21.4. The average molecular weight is 481 g/mol. The Balaban J connectivity index is 1.48. The molecule has 1 atom stereocenters. The predicted molar refractivity (Wildman–Crippen MR) is 138 cm³/mol. The highest BCUT2D eigenvalue weighted by molar-refractivity contribution is 5.81. The molecule has 1 saturated carbocycles. The van der Waals surface area contributed by atoms with Gasteiger partial charge in [-0.25, -0.2) is 0 Å². The standard InChI is InChI=1S/C28H40N4O3/c1-29-13-15-32(16-14-29)28(12-7-17-35-21-28)20-31(27(34)22-8-3-4-9-22)19-24-18-23-10-5-6-11-25(23)30(2)26(24)33/h5-6,10-11,18,22H,3-4,7-9,12-17,19-21H2,1-2H3. The monoisotopic (exact) mass is 480 g/mol. The average Bonchev–Trinajstić information content (AvgIpc) is 3.42. The van der Waals surface area contributed by atoms with Crippen LogP contribution in [0.3, 0.4) is 0 Å². The van der Waals surface area contributed by atoms with E-state index in [4.69, 9.17) is 4.74 Å². The first kappa shape index (κ1) is 24.5. The van der Waals surface area contributed by atoms with Crippen LogP contribution >= 0.6 is 0 Å². The lowest BCUT2D eigenvalue weighted by Gasteiger charge is -2.51. The number of rotatable bonds is 6. The summed E-state index contributed by atoms with van der Waals surface area (Å²) in [5, 5.41) is 1.03. The summed E-state index contributed by atoms with van der Waals surface area (Å²) in [4.78, 5) is 34.2. The first-order valence-corrected chi connectivity index (χ1v) is 13.3. The number of para-hydroxylation sites is 1. The van der Waals surface area contributed by atoms with Crippen LogP contribution in [-0.4, -0.2) is 83.7 Å². The third kappa shape index (κ3) is 5.04. The molecule has 0 N–H and O–H groups in total. The van der Waals surface area contributed by atoms with E-state index >= 15 is 0 Å². The van der Waals surface area contributed by atoms with Crippen LogP contribution in [0.4, 0.5) is 0 Å². The van der Waals surface area contributed by atoms with Crippen molar-refractivity contribution in [1.82, 2.24) is 19.3 Å². The summed E-state index contributed by atoms with van der Waals surface area (Å²) in [6, 6.07) is 9.97. The van der Waals surface area contributed by atoms with Gasteiger partial charge in [-0.05, 0) is 50.2 Å². The molecule has 7 nitrogen and oxygen atoms in total. The summed E-state index contributed by atoms with van der Waals surface area (Å²) >= 11 is 0. The number of benzene rings is 1. The van der Waals surface area contributed by atoms with Crippen molar-refractivity contribution < 1.29 is 9.53 Å². The topological polar surface area (TPSA) is 58.0 Å². The van der Waals surface area contributed by atoms with Gasteiger partial charge in [-0.1, -0.05) is 31.0 Å². The maximum Gasteiger partial charge on any atom is 0.255 e. The van der Waals surface area contributed by atoms with Crippen molar-refractivity contribution in [3.8, 4) is 0 Å². The maximum atomic E-state index is 13.9. The Labute approximate surface area is 208 Å². The number of aromatic nitrogens is 1. The van der Waals surface area contributed by atoms with Crippen LogP contribution in [0.5, 0.6) is 0 Å². The molecule has 1 amide bonds. The van der Waals surface area contributed by atoms with Crippen LogP contribution < -0.4 is 5.56 Å². The lowest BCUT2D eigenvalue weighted by atomic mass is 9.88. The minimum Gasteiger partial charge on any atom is -0.379 e. The smallest absolute Gasteiger partial charge is 0.255 e. The number of amides is 1. The molecule has 1 unspecified atom stereocenters. The summed E-state index contributed by atoms with van der Waals surface area (Å²) < 4.78 is 7.79. The fraction of sp³-hybridized carbons (Fsp3) is 0.643. The van der Waals surface area contributed by atoms with Crippen LogP contribution in [-0.2, 0) is 23.1 Å². The first-order chi connectivity index (χ1) is 17.0. The van der Waals surface area contributed by atoms with Gasteiger partial charge in [-0.15, -0.1) is 0 Å². The summed E-state index contributed by atoms with van der Waals surface area (Å²) in [6.45, 7) is 6.47. The number of hydrogen-bond acceptors (Lipinski definition) is 5. The molecule has 2 saturated heterocycles. The second-order valence-corrected chi connectivity index (χ2v) is 10.9. The molecule has 2 aromatic rings. The maximum absolute atomic E-state index is 13.9. The summed E-state index contributed by atoms with van der Waals surface area (Å²) in [5.74, 6) is 0.296. The largest absolute Gasteiger partial charge is 0.379 e. The van der Waals surface area contributed by atoms with Gasteiger partial charge in [-0.3, -0.25) is 14.5 Å². The molecule has 1 aromatic heterocycles. The minimum absolute atomic E-state index is 0.0125. The van der Waals surface area contributed by atoms with E-state index < -0.39 is 0 Å². The molecule has 3 aliphatic rings. The second-order valence-electron chi connectivity index (χ2n) is 10.9. The number of nitrogens with zero attached hydrogens (tertiary/aromatic N) is 4. The van der Waals surface area contributed by atoms with Crippen LogP contribution in [0.2, 0.25) is 0 Å². The zero-order chi connectivity index (χ0) is 24.4. The van der Waals surface area contributed by atoms with E-state index in [9.17, 15) is 9.59 Å². The van der Waals surface area contributed by atoms with E-state index in [1.54, 1.807) is 4.57 Å². The predicted octanol–water partition coefficient (Wildman–Crippen LogP) is 2.85. The zero-order valence-electron chi connectivity index (χ0n) is 21.4. The molecule has 190 valence electrons. The molecule has 35 heavy (non-hydrogen) atoms. The molecular weight excluding hydrogens is 440 g/mol. The third-order valence-electron chi connectivity index (χ3n) is 8.55. The molecule has 5 rings (SSSR count). The van der Waals surface area contributed by atoms with E-state index in [1.807, 2.05) is 42.3 Å². The molecule has 7 heteroatoms. The Kier molecular flexibility index (Phi) is 7.28. The van der Waals surface area contributed by atoms with Gasteiger partial charge in [0, 0.05) is 57.9 Å². The van der Waals surface area contributed by atoms with Crippen LogP contribution in [0.25, 0.3) is 10.9 Å². The van der Waals surface area contributed by atoms with Crippen molar-refractivity contribution in [1.29, 1.82) is 0 Å². The van der Waals surface area contributed by atoms with Gasteiger partial charge < -0.3 is 19.1 Å². The fourth-order valence-corrected chi connectivity index (χ4v) is 6.40. The van der Waals surface area contributed by atoms with Gasteiger partial charge in [0.25, 0.3) is 5.56 Å². The van der Waals surface area contributed by atoms with Crippen molar-refractivity contribution in [2.45, 2.75) is 50.6 Å². The Morgan fingerprint density at radius 1 is 1.09 bits per heavy atom. The number of hydrogen-bond donors (Lipinski definition) is 0. The van der Waals surface area contributed by atoms with Crippen molar-refractivity contribution in [2.24, 2.45) is 13.0 Å². The van der Waals surface area contributed by atoms with Crippen molar-refractivity contribution in [3.05, 3.63) is 46.2 Å². The molecule has 3 fully saturated rings. The van der Waals surface area contributed by atoms with Gasteiger partial charge in [-0.2, -0.15) is 0 Å². The van der Waals surface area contributed by atoms with Crippen LogP contribution in [0.1, 0.15) is 44.1 Å². The molecular formula is C28H40N4O3. The number of likely N-dealkylation sites (N-methyl/N-ethyl adjacent to an activating group) is 1. The number of piperazine rings is 1. The van der Waals surface area contributed by atoms with Gasteiger partial charge >= 0.3 is 0 Å². The quantitative estimate of drug-likeness (QED) is 0.637. The molecule has 0 bridgehead atoms. The Bertz CT molecular complexity index is 1090. The van der Waals surface area contributed by atoms with Crippen LogP contribution in [0.15, 0.2) is 35.1 Å². The van der Waals surface area contributed by atoms with Gasteiger partial charge in [0.05, 0.1) is 24.2 Å². The number of ether oxygens (including phenoxy) is 1. The molecule has 2 aliphatic heterocycles. The lowest BCUT2D eigenvalue weighted by molar-refractivity contribution is -0.142. The highest BCUT2D eigenvalue weighted by Crippen LogP contribution is 2.32. The van der Waals surface area contributed by atoms with E-state index in [2.05, 4.69) is 16.8 Å². The lowest BCUT2D eigenvalue weighted by Crippen LogP contribution is -2.64. The van der Waals surface area contributed by atoms with E-state index in [1.165, 1.54) is 0 Å². The van der Waals surface area contributed by atoms with E-state index in [-0.39, 0.29) is 22.9 Å². The summed E-state index contributed by atoms with van der Waals surface area (Å²) in [6.07, 6.45) is 6.20. The summed E-state index contributed by atoms with van der Waals surface area (Å²) in [7, 11) is 4.00. The molecule has 1 aliphatic carbocycles. The molecule has 0 radical (unpaired) electrons. The van der Waals surface area contributed by atoms with E-state index in [0.29, 0.717) is 25.3 Å². The number of aryl methyl sites for hydroxylation is 1. The minimum atomic E-state index is -0.185. The molecule has 0 spiro atoms. The fourth-order valence-electron chi connectivity index (χ4n) is 6.40. The van der Waals surface area contributed by atoms with Gasteiger partial charge in [0.2, 0.25) is 5.91 Å². The number of pyridine rings is 1. The first-order valence-electron chi connectivity index (χ1n) is 13.3. The van der Waals surface area contributed by atoms with Crippen molar-refractivity contribution >= 4 is 16.8 Å². The highest BCUT2D eigenvalue weighted by atomic mass is 16.5. The van der Waals surface area contributed by atoms with Gasteiger partial charge in [0.15, 0.2) is 0 Å². The number of carbonyl (C=O) groups is 1. The Hall–Kier alpha value is -2.22. The SMILES string of the molecule is CN1CCN(C2(CN(Cc3cc4ccccc4n(C)c3=O)C(=O)C3CCCC3)CCCOC2)CC1. The molecule has 3 heterocycles. The normalized spacial score (nSPS) is 24.7. The van der Waals surface area contributed by atoms with Crippen molar-refractivity contribution in [3.63, 3.8) is 0 Å².